The van der Waals surface area contributed by atoms with E-state index in [1.165, 1.54) is 36.7 Å². The number of pyridine rings is 1. The average molecular weight is 297 g/mol. The molecule has 7 heteroatoms. The molecule has 0 aliphatic rings. The third-order valence-electron chi connectivity index (χ3n) is 2.65. The molecule has 0 aliphatic heterocycles. The molecule has 1 aromatic heterocycles. The minimum absolute atomic E-state index is 0.196. The molecule has 0 fully saturated rings. The van der Waals surface area contributed by atoms with Crippen molar-refractivity contribution in [3.63, 3.8) is 0 Å². The molecule has 0 amide bonds. The van der Waals surface area contributed by atoms with Crippen molar-refractivity contribution in [2.45, 2.75) is 12.8 Å². The Morgan fingerprint density at radius 1 is 1.19 bits per heavy atom. The number of hydrogen-bond donors (Lipinski definition) is 1. The van der Waals surface area contributed by atoms with Gasteiger partial charge in [0.15, 0.2) is 0 Å². The lowest BCUT2D eigenvalue weighted by Gasteiger charge is -2.10. The summed E-state index contributed by atoms with van der Waals surface area (Å²) in [5.74, 6) is -1.34. The summed E-state index contributed by atoms with van der Waals surface area (Å²) in [6.45, 7) is 0. The second kappa shape index (κ2) is 5.82. The molecule has 1 heterocycles. The summed E-state index contributed by atoms with van der Waals surface area (Å²) >= 11 is 0. The highest BCUT2D eigenvalue weighted by atomic mass is 19.4. The first-order valence-electron chi connectivity index (χ1n) is 5.86. The van der Waals surface area contributed by atoms with Gasteiger partial charge >= 0.3 is 12.3 Å². The van der Waals surface area contributed by atoms with Crippen LogP contribution in [-0.2, 0) is 11.2 Å². The minimum atomic E-state index is -4.75. The van der Waals surface area contributed by atoms with E-state index in [1.54, 1.807) is 6.07 Å². The molecule has 1 N–H and O–H groups in total. The number of rotatable bonds is 4. The summed E-state index contributed by atoms with van der Waals surface area (Å²) in [4.78, 5) is 14.7. The number of nitrogens with zero attached hydrogens (tertiary/aromatic N) is 1. The maximum absolute atomic E-state index is 12.1. The molecular weight excluding hydrogens is 287 g/mol. The van der Waals surface area contributed by atoms with Crippen LogP contribution in [0.3, 0.4) is 0 Å². The van der Waals surface area contributed by atoms with E-state index < -0.39 is 12.3 Å². The van der Waals surface area contributed by atoms with E-state index in [2.05, 4.69) is 9.72 Å². The van der Waals surface area contributed by atoms with Gasteiger partial charge in [0.1, 0.15) is 5.75 Å². The molecule has 0 aliphatic carbocycles. The van der Waals surface area contributed by atoms with Gasteiger partial charge in [-0.2, -0.15) is 0 Å². The maximum atomic E-state index is 12.1. The van der Waals surface area contributed by atoms with E-state index in [0.29, 0.717) is 16.7 Å². The number of carboxylic acids is 1. The molecule has 4 nitrogen and oxygen atoms in total. The van der Waals surface area contributed by atoms with E-state index in [4.69, 9.17) is 5.11 Å². The smallest absolute Gasteiger partial charge is 0.481 e. The Morgan fingerprint density at radius 2 is 1.86 bits per heavy atom. The highest BCUT2D eigenvalue weighted by Gasteiger charge is 2.30. The predicted molar refractivity (Wildman–Crippen MR) is 67.7 cm³/mol. The second-order valence-corrected chi connectivity index (χ2v) is 4.18. The van der Waals surface area contributed by atoms with Crippen LogP contribution in [-0.4, -0.2) is 22.4 Å². The minimum Gasteiger partial charge on any atom is -0.481 e. The molecule has 1 aromatic carbocycles. The average Bonchev–Trinajstić information content (AvgIpc) is 2.38. The molecule has 0 spiro atoms. The summed E-state index contributed by atoms with van der Waals surface area (Å²) in [6.07, 6.45) is -2.01. The zero-order valence-electron chi connectivity index (χ0n) is 10.6. The summed E-state index contributed by atoms with van der Waals surface area (Å²) in [6, 6.07) is 6.73. The third kappa shape index (κ3) is 4.20. The number of benzene rings is 1. The van der Waals surface area contributed by atoms with Gasteiger partial charge in [-0.3, -0.25) is 9.78 Å². The van der Waals surface area contributed by atoms with Crippen molar-refractivity contribution in [3.8, 4) is 16.9 Å². The van der Waals surface area contributed by atoms with Crippen LogP contribution in [0, 0.1) is 0 Å². The van der Waals surface area contributed by atoms with Gasteiger partial charge in [-0.25, -0.2) is 0 Å². The fourth-order valence-corrected chi connectivity index (χ4v) is 1.84. The van der Waals surface area contributed by atoms with Crippen molar-refractivity contribution in [3.05, 3.63) is 48.3 Å². The number of alkyl halides is 3. The van der Waals surface area contributed by atoms with Crippen LogP contribution < -0.4 is 4.74 Å². The van der Waals surface area contributed by atoms with Gasteiger partial charge in [-0.1, -0.05) is 12.1 Å². The number of carbonyl (C=O) groups is 1. The van der Waals surface area contributed by atoms with Crippen molar-refractivity contribution < 1.29 is 27.8 Å². The first-order chi connectivity index (χ1) is 9.85. The van der Waals surface area contributed by atoms with Gasteiger partial charge in [0.25, 0.3) is 0 Å². The first kappa shape index (κ1) is 14.8. The number of carboxylic acid groups (broad SMARTS) is 1. The molecule has 21 heavy (non-hydrogen) atoms. The van der Waals surface area contributed by atoms with E-state index >= 15 is 0 Å². The second-order valence-electron chi connectivity index (χ2n) is 4.18. The van der Waals surface area contributed by atoms with Crippen LogP contribution in [0.25, 0.3) is 11.1 Å². The molecule has 0 unspecified atom stereocenters. The van der Waals surface area contributed by atoms with E-state index in [-0.39, 0.29) is 12.2 Å². The van der Waals surface area contributed by atoms with Gasteiger partial charge < -0.3 is 9.84 Å². The molecule has 0 radical (unpaired) electrons. The van der Waals surface area contributed by atoms with Crippen LogP contribution in [0.1, 0.15) is 5.56 Å². The molecule has 0 bridgehead atoms. The van der Waals surface area contributed by atoms with Gasteiger partial charge in [-0.15, -0.1) is 13.2 Å². The number of aromatic nitrogens is 1. The Hall–Kier alpha value is -2.57. The van der Waals surface area contributed by atoms with Gasteiger partial charge in [-0.05, 0) is 29.3 Å². The summed E-state index contributed by atoms with van der Waals surface area (Å²) in [7, 11) is 0. The highest BCUT2D eigenvalue weighted by molar-refractivity contribution is 5.76. The van der Waals surface area contributed by atoms with Gasteiger partial charge in [0, 0.05) is 18.0 Å². The van der Waals surface area contributed by atoms with Crippen LogP contribution in [0.2, 0.25) is 0 Å². The first-order valence-corrected chi connectivity index (χ1v) is 5.86. The number of halogens is 3. The number of hydrogen-bond acceptors (Lipinski definition) is 3. The Labute approximate surface area is 117 Å². The number of aliphatic carboxylic acids is 1. The molecule has 110 valence electrons. The highest BCUT2D eigenvalue weighted by Crippen LogP contribution is 2.28. The van der Waals surface area contributed by atoms with Crippen molar-refractivity contribution in [1.29, 1.82) is 0 Å². The SMILES string of the molecule is O=C(O)Cc1ccncc1-c1ccc(OC(F)(F)F)cc1. The van der Waals surface area contributed by atoms with E-state index in [1.807, 2.05) is 0 Å². The Bertz CT molecular complexity index is 639. The van der Waals surface area contributed by atoms with Crippen LogP contribution in [0.4, 0.5) is 13.2 Å². The lowest BCUT2D eigenvalue weighted by atomic mass is 10.00. The normalized spacial score (nSPS) is 11.2. The Morgan fingerprint density at radius 3 is 2.43 bits per heavy atom. The lowest BCUT2D eigenvalue weighted by molar-refractivity contribution is -0.274. The van der Waals surface area contributed by atoms with E-state index in [9.17, 15) is 18.0 Å². The fourth-order valence-electron chi connectivity index (χ4n) is 1.84. The largest absolute Gasteiger partial charge is 0.573 e. The third-order valence-corrected chi connectivity index (χ3v) is 2.65. The molecule has 2 rings (SSSR count). The van der Waals surface area contributed by atoms with Gasteiger partial charge in [0.2, 0.25) is 0 Å². The lowest BCUT2D eigenvalue weighted by Crippen LogP contribution is -2.16. The van der Waals surface area contributed by atoms with Crippen LogP contribution in [0.5, 0.6) is 5.75 Å². The van der Waals surface area contributed by atoms with Crippen molar-refractivity contribution in [2.24, 2.45) is 0 Å². The molecule has 0 saturated heterocycles. The van der Waals surface area contributed by atoms with E-state index in [0.717, 1.165) is 0 Å². The van der Waals surface area contributed by atoms with Crippen LogP contribution in [0.15, 0.2) is 42.7 Å². The monoisotopic (exact) mass is 297 g/mol. The van der Waals surface area contributed by atoms with Gasteiger partial charge in [0.05, 0.1) is 6.42 Å². The Balaban J connectivity index is 2.29. The summed E-state index contributed by atoms with van der Waals surface area (Å²) in [5, 5.41) is 8.84. The molecule has 0 atom stereocenters. The Kier molecular flexibility index (Phi) is 4.11. The maximum Gasteiger partial charge on any atom is 0.573 e. The van der Waals surface area contributed by atoms with Crippen LogP contribution >= 0.6 is 0 Å². The number of ether oxygens (including phenoxy) is 1. The quantitative estimate of drug-likeness (QED) is 0.941. The zero-order valence-corrected chi connectivity index (χ0v) is 10.6. The van der Waals surface area contributed by atoms with Crippen molar-refractivity contribution in [1.82, 2.24) is 4.98 Å². The molecule has 2 aromatic rings. The fraction of sp³-hybridized carbons (Fsp3) is 0.143. The topological polar surface area (TPSA) is 59.4 Å². The zero-order chi connectivity index (χ0) is 15.5. The summed E-state index contributed by atoms with van der Waals surface area (Å²) in [5.41, 5.74) is 1.65. The van der Waals surface area contributed by atoms with Crippen molar-refractivity contribution >= 4 is 5.97 Å². The standard InChI is InChI=1S/C14H10F3NO3/c15-14(16,17)21-11-3-1-9(2-4-11)12-8-18-6-5-10(12)7-13(19)20/h1-6,8H,7H2,(H,19,20). The molecule has 0 saturated carbocycles. The van der Waals surface area contributed by atoms with Crippen molar-refractivity contribution in [2.75, 3.05) is 0 Å². The summed E-state index contributed by atoms with van der Waals surface area (Å²) < 4.78 is 40.0. The predicted octanol–water partition coefficient (Wildman–Crippen LogP) is 3.27. The molecular formula is C14H10F3NO3.